The Balaban J connectivity index is 1.95. The Bertz CT molecular complexity index is 862. The molecule has 162 valence electrons. The molecule has 2 unspecified atom stereocenters. The Morgan fingerprint density at radius 2 is 1.03 bits per heavy atom. The van der Waals surface area contributed by atoms with Gasteiger partial charge in [-0.1, -0.05) is 79.7 Å². The lowest BCUT2D eigenvalue weighted by atomic mass is 10.0. The van der Waals surface area contributed by atoms with Crippen molar-refractivity contribution in [1.29, 1.82) is 0 Å². The minimum atomic E-state index is -0.429. The maximum absolute atomic E-state index is 6.52. The molecule has 2 aliphatic rings. The van der Waals surface area contributed by atoms with E-state index in [1.165, 1.54) is 21.7 Å². The van der Waals surface area contributed by atoms with Gasteiger partial charge in [0.2, 0.25) is 0 Å². The van der Waals surface area contributed by atoms with Crippen LogP contribution in [-0.2, 0) is 0 Å². The van der Waals surface area contributed by atoms with Gasteiger partial charge in [0.05, 0.1) is 0 Å². The van der Waals surface area contributed by atoms with Crippen LogP contribution in [0.25, 0.3) is 11.1 Å². The van der Waals surface area contributed by atoms with Crippen LogP contribution >= 0.6 is 15.8 Å². The van der Waals surface area contributed by atoms with Gasteiger partial charge in [0.1, 0.15) is 23.2 Å². The molecule has 4 heteroatoms. The van der Waals surface area contributed by atoms with Crippen LogP contribution in [-0.4, -0.2) is 22.0 Å². The summed E-state index contributed by atoms with van der Waals surface area (Å²) in [6, 6.07) is 13.4. The smallest absolute Gasteiger partial charge is 0.128 e. The second-order valence-electron chi connectivity index (χ2n) is 10.3. The van der Waals surface area contributed by atoms with E-state index in [0.717, 1.165) is 24.3 Å². The van der Waals surface area contributed by atoms with Crippen LogP contribution in [0, 0.1) is 0 Å². The van der Waals surface area contributed by atoms with Gasteiger partial charge in [0, 0.05) is 10.6 Å². The molecule has 2 aromatic carbocycles. The summed E-state index contributed by atoms with van der Waals surface area (Å²) >= 11 is 0. The first-order valence-corrected chi connectivity index (χ1v) is 14.1. The molecule has 0 N–H and O–H groups in total. The first kappa shape index (κ1) is 22.1. The molecule has 2 heterocycles. The number of hydrogen-bond acceptors (Lipinski definition) is 2. The average molecular weight is 443 g/mol. The minimum Gasteiger partial charge on any atom is -0.485 e. The lowest BCUT2D eigenvalue weighted by Gasteiger charge is -2.34. The van der Waals surface area contributed by atoms with Gasteiger partial charge in [-0.2, -0.15) is 0 Å². The number of fused-ring (bicyclic) bond motifs is 2. The van der Waals surface area contributed by atoms with Crippen LogP contribution < -0.4 is 20.1 Å². The van der Waals surface area contributed by atoms with Crippen molar-refractivity contribution < 1.29 is 9.47 Å². The predicted molar refractivity (Wildman–Crippen MR) is 134 cm³/mol. The number of ether oxygens (including phenoxy) is 2. The van der Waals surface area contributed by atoms with Crippen LogP contribution in [0.3, 0.4) is 0 Å². The molecule has 2 aliphatic heterocycles. The van der Waals surface area contributed by atoms with Crippen molar-refractivity contribution in [2.45, 2.75) is 90.2 Å². The van der Waals surface area contributed by atoms with E-state index in [4.69, 9.17) is 9.47 Å². The molecule has 0 radical (unpaired) electrons. The standard InChI is InChI=1S/C26H36O2P2/c1-9-21-27-19-15-11-13-17(23(19)29(21)25(3,4)5)18-14-12-16-20-24(18)30(26(6,7)8)22(10-2)28-20/h11-16,21-22H,9-10H2,1-8H3/t21?,22?,29-,30-/m1/s1. The maximum atomic E-state index is 6.52. The second-order valence-corrected chi connectivity index (χ2v) is 16.6. The molecule has 0 saturated carbocycles. The summed E-state index contributed by atoms with van der Waals surface area (Å²) in [4.78, 5) is 0. The van der Waals surface area contributed by atoms with Crippen LogP contribution in [0.4, 0.5) is 0 Å². The Labute approximate surface area is 185 Å². The SMILES string of the molecule is CCC1Oc2cccc(-c3cccc4c3[P@](C(C)(C)C)C(CC)O4)c2[P@]1C(C)(C)C. The van der Waals surface area contributed by atoms with E-state index in [-0.39, 0.29) is 10.3 Å². The monoisotopic (exact) mass is 442 g/mol. The van der Waals surface area contributed by atoms with Gasteiger partial charge >= 0.3 is 0 Å². The van der Waals surface area contributed by atoms with E-state index >= 15 is 0 Å². The van der Waals surface area contributed by atoms with Gasteiger partial charge in [-0.25, -0.2) is 0 Å². The third kappa shape index (κ3) is 3.59. The molecule has 0 spiro atoms. The highest BCUT2D eigenvalue weighted by Gasteiger charge is 2.45. The summed E-state index contributed by atoms with van der Waals surface area (Å²) in [5.74, 6) is 2.81. The summed E-state index contributed by atoms with van der Waals surface area (Å²) < 4.78 is 13.0. The Morgan fingerprint density at radius 1 is 0.667 bits per heavy atom. The van der Waals surface area contributed by atoms with E-state index in [0.29, 0.717) is 11.7 Å². The van der Waals surface area contributed by atoms with Crippen LogP contribution in [0.1, 0.15) is 68.2 Å². The summed E-state index contributed by atoms with van der Waals surface area (Å²) in [5.41, 5.74) is 2.75. The highest BCUT2D eigenvalue weighted by molar-refractivity contribution is 7.69. The molecule has 4 atom stereocenters. The quantitative estimate of drug-likeness (QED) is 0.461. The molecule has 0 aliphatic carbocycles. The minimum absolute atomic E-state index is 0.201. The molecule has 4 rings (SSSR count). The number of benzene rings is 2. The van der Waals surface area contributed by atoms with E-state index in [1.807, 2.05) is 0 Å². The van der Waals surface area contributed by atoms with E-state index < -0.39 is 15.8 Å². The third-order valence-electron chi connectivity index (χ3n) is 6.02. The molecule has 0 bridgehead atoms. The molecule has 0 saturated heterocycles. The van der Waals surface area contributed by atoms with E-state index in [9.17, 15) is 0 Å². The largest absolute Gasteiger partial charge is 0.485 e. The number of hydrogen-bond donors (Lipinski definition) is 0. The van der Waals surface area contributed by atoms with Gasteiger partial charge in [-0.3, -0.25) is 0 Å². The van der Waals surface area contributed by atoms with Crippen molar-refractivity contribution in [3.05, 3.63) is 36.4 Å². The van der Waals surface area contributed by atoms with Gasteiger partial charge in [-0.15, -0.1) is 0 Å². The Hall–Kier alpha value is -1.10. The summed E-state index contributed by atoms with van der Waals surface area (Å²) in [6.45, 7) is 18.8. The summed E-state index contributed by atoms with van der Waals surface area (Å²) in [7, 11) is -0.859. The van der Waals surface area contributed by atoms with Gasteiger partial charge < -0.3 is 9.47 Å². The van der Waals surface area contributed by atoms with Crippen molar-refractivity contribution in [2.24, 2.45) is 0 Å². The summed E-state index contributed by atoms with van der Waals surface area (Å²) in [6.07, 6.45) is 2.11. The highest BCUT2D eigenvalue weighted by Crippen LogP contribution is 2.63. The fraction of sp³-hybridized carbons (Fsp3) is 0.538. The Kier molecular flexibility index (Phi) is 5.74. The zero-order chi connectivity index (χ0) is 21.8. The predicted octanol–water partition coefficient (Wildman–Crippen LogP) is 7.42. The Morgan fingerprint density at radius 3 is 1.33 bits per heavy atom. The fourth-order valence-electron chi connectivity index (χ4n) is 4.92. The van der Waals surface area contributed by atoms with Gasteiger partial charge in [-0.05, 0) is 62.3 Å². The van der Waals surface area contributed by atoms with Crippen LogP contribution in [0.15, 0.2) is 36.4 Å². The maximum Gasteiger partial charge on any atom is 0.128 e. The lowest BCUT2D eigenvalue weighted by molar-refractivity contribution is 0.288. The van der Waals surface area contributed by atoms with Crippen molar-refractivity contribution >= 4 is 26.5 Å². The van der Waals surface area contributed by atoms with Crippen LogP contribution in [0.2, 0.25) is 0 Å². The van der Waals surface area contributed by atoms with Crippen molar-refractivity contribution in [2.75, 3.05) is 0 Å². The van der Waals surface area contributed by atoms with Gasteiger partial charge in [0.25, 0.3) is 0 Å². The lowest BCUT2D eigenvalue weighted by Crippen LogP contribution is -2.26. The third-order valence-corrected chi connectivity index (χ3v) is 12.9. The van der Waals surface area contributed by atoms with Gasteiger partial charge in [0.15, 0.2) is 0 Å². The molecule has 30 heavy (non-hydrogen) atoms. The molecular weight excluding hydrogens is 406 g/mol. The average Bonchev–Trinajstić information content (AvgIpc) is 3.24. The van der Waals surface area contributed by atoms with E-state index in [1.54, 1.807) is 0 Å². The number of rotatable bonds is 3. The first-order chi connectivity index (χ1) is 14.1. The molecule has 0 amide bonds. The highest BCUT2D eigenvalue weighted by atomic mass is 31.1. The zero-order valence-electron chi connectivity index (χ0n) is 19.7. The summed E-state index contributed by atoms with van der Waals surface area (Å²) in [5, 5.41) is 3.33. The molecular formula is C26H36O2P2. The normalized spacial score (nSPS) is 25.5. The van der Waals surface area contributed by atoms with E-state index in [2.05, 4.69) is 91.8 Å². The van der Waals surface area contributed by atoms with Crippen LogP contribution in [0.5, 0.6) is 11.5 Å². The molecule has 2 aromatic rings. The first-order valence-electron chi connectivity index (χ1n) is 11.3. The fourth-order valence-corrected chi connectivity index (χ4v) is 11.4. The second kappa shape index (κ2) is 7.79. The van der Waals surface area contributed by atoms with Crippen molar-refractivity contribution in [3.63, 3.8) is 0 Å². The molecule has 2 nitrogen and oxygen atoms in total. The topological polar surface area (TPSA) is 18.5 Å². The zero-order valence-corrected chi connectivity index (χ0v) is 21.5. The van der Waals surface area contributed by atoms with Crippen molar-refractivity contribution in [1.82, 2.24) is 0 Å². The molecule has 0 aromatic heterocycles. The molecule has 0 fully saturated rings. The van der Waals surface area contributed by atoms with Crippen molar-refractivity contribution in [3.8, 4) is 22.6 Å².